The number of nitrogens with one attached hydrogen (secondary N) is 1. The van der Waals surface area contributed by atoms with Crippen LogP contribution in [0.5, 0.6) is 0 Å². The van der Waals surface area contributed by atoms with E-state index < -0.39 is 0 Å². The maximum absolute atomic E-state index is 4.49. The molecular formula is C14H20BrN3S. The van der Waals surface area contributed by atoms with Crippen molar-refractivity contribution in [3.8, 4) is 0 Å². The predicted octanol–water partition coefficient (Wildman–Crippen LogP) is 4.38. The smallest absolute Gasteiger partial charge is 0.0853 e. The number of thiophene rings is 1. The molecule has 0 fully saturated rings. The van der Waals surface area contributed by atoms with E-state index in [0.29, 0.717) is 6.04 Å². The minimum Gasteiger partial charge on any atom is -0.304 e. The van der Waals surface area contributed by atoms with Gasteiger partial charge in [0, 0.05) is 10.9 Å². The second kappa shape index (κ2) is 6.68. The molecule has 2 aromatic heterocycles. The van der Waals surface area contributed by atoms with E-state index >= 15 is 0 Å². The SMILES string of the molecule is CCCNC(c1cccs1)c1c(Br)cnn1C(C)C. The van der Waals surface area contributed by atoms with E-state index in [0.717, 1.165) is 17.4 Å². The Kier molecular flexibility index (Phi) is 5.19. The maximum atomic E-state index is 4.49. The minimum atomic E-state index is 0.208. The van der Waals surface area contributed by atoms with E-state index in [1.807, 2.05) is 6.20 Å². The molecule has 0 aliphatic heterocycles. The van der Waals surface area contributed by atoms with Crippen molar-refractivity contribution in [3.05, 3.63) is 38.8 Å². The summed E-state index contributed by atoms with van der Waals surface area (Å²) in [6.45, 7) is 7.51. The van der Waals surface area contributed by atoms with Crippen molar-refractivity contribution in [2.45, 2.75) is 39.3 Å². The summed E-state index contributed by atoms with van der Waals surface area (Å²) in [7, 11) is 0. The molecule has 104 valence electrons. The van der Waals surface area contributed by atoms with Gasteiger partial charge in [0.1, 0.15) is 0 Å². The van der Waals surface area contributed by atoms with Gasteiger partial charge in [0.2, 0.25) is 0 Å². The van der Waals surface area contributed by atoms with Gasteiger partial charge in [-0.05, 0) is 54.2 Å². The first-order valence-electron chi connectivity index (χ1n) is 6.64. The Morgan fingerprint density at radius 1 is 1.47 bits per heavy atom. The minimum absolute atomic E-state index is 0.208. The Labute approximate surface area is 127 Å². The highest BCUT2D eigenvalue weighted by Crippen LogP contribution is 2.32. The fraction of sp³-hybridized carbons (Fsp3) is 0.500. The normalized spacial score (nSPS) is 13.1. The number of hydrogen-bond acceptors (Lipinski definition) is 3. The van der Waals surface area contributed by atoms with Gasteiger partial charge in [0.15, 0.2) is 0 Å². The number of rotatable bonds is 6. The van der Waals surface area contributed by atoms with Crippen LogP contribution in [-0.2, 0) is 0 Å². The lowest BCUT2D eigenvalue weighted by Crippen LogP contribution is -2.26. The van der Waals surface area contributed by atoms with Gasteiger partial charge in [-0.15, -0.1) is 11.3 Å². The average Bonchev–Trinajstić information content (AvgIpc) is 3.01. The number of hydrogen-bond donors (Lipinski definition) is 1. The molecular weight excluding hydrogens is 322 g/mol. The Balaban J connectivity index is 2.40. The van der Waals surface area contributed by atoms with Crippen LogP contribution in [0.2, 0.25) is 0 Å². The van der Waals surface area contributed by atoms with Crippen molar-refractivity contribution in [1.29, 1.82) is 0 Å². The molecule has 0 aliphatic carbocycles. The molecule has 1 N–H and O–H groups in total. The largest absolute Gasteiger partial charge is 0.304 e. The highest BCUT2D eigenvalue weighted by molar-refractivity contribution is 9.10. The van der Waals surface area contributed by atoms with E-state index in [2.05, 4.69) is 69.3 Å². The molecule has 5 heteroatoms. The Hall–Kier alpha value is -0.650. The lowest BCUT2D eigenvalue weighted by atomic mass is 10.1. The molecule has 0 amide bonds. The van der Waals surface area contributed by atoms with Crippen LogP contribution in [0, 0.1) is 0 Å². The van der Waals surface area contributed by atoms with Crippen LogP contribution >= 0.6 is 27.3 Å². The maximum Gasteiger partial charge on any atom is 0.0853 e. The summed E-state index contributed by atoms with van der Waals surface area (Å²) in [6, 6.07) is 4.85. The van der Waals surface area contributed by atoms with Crippen LogP contribution in [0.15, 0.2) is 28.2 Å². The summed E-state index contributed by atoms with van der Waals surface area (Å²) in [5.41, 5.74) is 1.21. The van der Waals surface area contributed by atoms with Crippen molar-refractivity contribution >= 4 is 27.3 Å². The molecule has 3 nitrogen and oxygen atoms in total. The topological polar surface area (TPSA) is 29.9 Å². The molecule has 2 heterocycles. The van der Waals surface area contributed by atoms with Gasteiger partial charge >= 0.3 is 0 Å². The molecule has 0 aromatic carbocycles. The molecule has 1 unspecified atom stereocenters. The van der Waals surface area contributed by atoms with Crippen LogP contribution in [0.25, 0.3) is 0 Å². The molecule has 19 heavy (non-hydrogen) atoms. The van der Waals surface area contributed by atoms with Crippen molar-refractivity contribution in [1.82, 2.24) is 15.1 Å². The van der Waals surface area contributed by atoms with Crippen LogP contribution in [0.1, 0.15) is 49.8 Å². The van der Waals surface area contributed by atoms with E-state index in [-0.39, 0.29) is 6.04 Å². The zero-order chi connectivity index (χ0) is 13.8. The zero-order valence-electron chi connectivity index (χ0n) is 11.6. The second-order valence-corrected chi connectivity index (χ2v) is 6.65. The van der Waals surface area contributed by atoms with E-state index in [1.165, 1.54) is 10.6 Å². The van der Waals surface area contributed by atoms with E-state index in [9.17, 15) is 0 Å². The van der Waals surface area contributed by atoms with Gasteiger partial charge in [0.05, 0.1) is 22.4 Å². The molecule has 2 aromatic rings. The van der Waals surface area contributed by atoms with Gasteiger partial charge in [-0.1, -0.05) is 13.0 Å². The molecule has 0 spiro atoms. The summed E-state index contributed by atoms with van der Waals surface area (Å²) >= 11 is 5.43. The Bertz CT molecular complexity index is 505. The first-order chi connectivity index (χ1) is 9.15. The number of halogens is 1. The van der Waals surface area contributed by atoms with E-state index in [1.54, 1.807) is 11.3 Å². The molecule has 2 rings (SSSR count). The Morgan fingerprint density at radius 3 is 2.84 bits per heavy atom. The monoisotopic (exact) mass is 341 g/mol. The second-order valence-electron chi connectivity index (χ2n) is 4.82. The fourth-order valence-electron chi connectivity index (χ4n) is 2.11. The van der Waals surface area contributed by atoms with Gasteiger partial charge in [0.25, 0.3) is 0 Å². The predicted molar refractivity (Wildman–Crippen MR) is 84.8 cm³/mol. The third-order valence-corrected chi connectivity index (χ3v) is 4.52. The molecule has 0 aliphatic rings. The third kappa shape index (κ3) is 3.27. The molecule has 0 saturated heterocycles. The highest BCUT2D eigenvalue weighted by atomic mass is 79.9. The summed E-state index contributed by atoms with van der Waals surface area (Å²) < 4.78 is 3.17. The van der Waals surface area contributed by atoms with Crippen molar-refractivity contribution < 1.29 is 0 Å². The summed E-state index contributed by atoms with van der Waals surface area (Å²) in [5, 5.41) is 10.2. The van der Waals surface area contributed by atoms with Crippen molar-refractivity contribution in [3.63, 3.8) is 0 Å². The molecule has 0 saturated carbocycles. The first kappa shape index (κ1) is 14.8. The zero-order valence-corrected chi connectivity index (χ0v) is 14.0. The van der Waals surface area contributed by atoms with Crippen molar-refractivity contribution in [2.75, 3.05) is 6.54 Å². The van der Waals surface area contributed by atoms with Crippen LogP contribution in [-0.4, -0.2) is 16.3 Å². The molecule has 0 bridgehead atoms. The summed E-state index contributed by atoms with van der Waals surface area (Å²) in [6.07, 6.45) is 3.01. The first-order valence-corrected chi connectivity index (χ1v) is 8.32. The highest BCUT2D eigenvalue weighted by Gasteiger charge is 2.23. The lowest BCUT2D eigenvalue weighted by Gasteiger charge is -2.21. The van der Waals surface area contributed by atoms with Gasteiger partial charge in [-0.3, -0.25) is 4.68 Å². The lowest BCUT2D eigenvalue weighted by molar-refractivity contribution is 0.473. The fourth-order valence-corrected chi connectivity index (χ4v) is 3.41. The Morgan fingerprint density at radius 2 is 2.26 bits per heavy atom. The quantitative estimate of drug-likeness (QED) is 0.844. The van der Waals surface area contributed by atoms with Gasteiger partial charge < -0.3 is 5.32 Å². The van der Waals surface area contributed by atoms with Gasteiger partial charge in [-0.25, -0.2) is 0 Å². The van der Waals surface area contributed by atoms with Crippen LogP contribution in [0.3, 0.4) is 0 Å². The number of aromatic nitrogens is 2. The summed E-state index contributed by atoms with van der Waals surface area (Å²) in [4.78, 5) is 1.33. The third-order valence-electron chi connectivity index (χ3n) is 2.98. The van der Waals surface area contributed by atoms with E-state index in [4.69, 9.17) is 0 Å². The summed E-state index contributed by atoms with van der Waals surface area (Å²) in [5.74, 6) is 0. The molecule has 1 atom stereocenters. The van der Waals surface area contributed by atoms with Gasteiger partial charge in [-0.2, -0.15) is 5.10 Å². The molecule has 0 radical (unpaired) electrons. The van der Waals surface area contributed by atoms with Crippen LogP contribution in [0.4, 0.5) is 0 Å². The van der Waals surface area contributed by atoms with Crippen LogP contribution < -0.4 is 5.32 Å². The van der Waals surface area contributed by atoms with Crippen molar-refractivity contribution in [2.24, 2.45) is 0 Å². The standard InChI is InChI=1S/C14H20BrN3S/c1-4-7-16-13(12-6-5-8-19-12)14-11(15)9-17-18(14)10(2)3/h5-6,8-10,13,16H,4,7H2,1-3H3. The average molecular weight is 342 g/mol. The number of nitrogens with zero attached hydrogens (tertiary/aromatic N) is 2.